The summed E-state index contributed by atoms with van der Waals surface area (Å²) in [7, 11) is -5.74. The predicted octanol–water partition coefficient (Wildman–Crippen LogP) is 4.53. The summed E-state index contributed by atoms with van der Waals surface area (Å²) >= 11 is 0. The van der Waals surface area contributed by atoms with Crippen molar-refractivity contribution >= 4 is 22.1 Å². The van der Waals surface area contributed by atoms with Crippen molar-refractivity contribution in [2.24, 2.45) is 0 Å². The van der Waals surface area contributed by atoms with Crippen molar-refractivity contribution < 1.29 is 32.6 Å². The molecule has 2 fully saturated rings. The van der Waals surface area contributed by atoms with Crippen LogP contribution in [0, 0.1) is 0 Å². The topological polar surface area (TPSA) is 72.5 Å². The van der Waals surface area contributed by atoms with Crippen LogP contribution in [-0.4, -0.2) is 82.5 Å². The molecule has 2 aliphatic rings. The fraction of sp³-hybridized carbons (Fsp3) is 1.00. The highest BCUT2D eigenvalue weighted by Gasteiger charge is 2.42. The normalized spacial score (nSPS) is 37.1. The second kappa shape index (κ2) is 10.8. The minimum Gasteiger partial charge on any atom is -0.318 e. The number of ether oxygens (including phenoxy) is 4. The first-order valence-corrected chi connectivity index (χ1v) is 16.8. The zero-order chi connectivity index (χ0) is 20.0. The molecule has 2 aliphatic heterocycles. The van der Waals surface area contributed by atoms with Crippen LogP contribution in [-0.2, 0) is 32.6 Å². The quantitative estimate of drug-likeness (QED) is 0.457. The van der Waals surface area contributed by atoms with Crippen LogP contribution in [0.3, 0.4) is 0 Å². The molecule has 0 radical (unpaired) electrons. The minimum atomic E-state index is -3.06. The van der Waals surface area contributed by atoms with Gasteiger partial charge < -0.3 is 28.0 Å². The van der Waals surface area contributed by atoms with Gasteiger partial charge in [-0.25, -0.2) is 0 Å². The second-order valence-electron chi connectivity index (χ2n) is 7.52. The Morgan fingerprint density at radius 2 is 1.15 bits per heavy atom. The lowest BCUT2D eigenvalue weighted by atomic mass is 10.8. The van der Waals surface area contributed by atoms with Crippen LogP contribution in [0.4, 0.5) is 0 Å². The summed E-state index contributed by atoms with van der Waals surface area (Å²) < 4.78 is 46.7. The third-order valence-corrected chi connectivity index (χ3v) is 14.5. The van der Waals surface area contributed by atoms with Crippen LogP contribution in [0.2, 0.25) is 0 Å². The van der Waals surface area contributed by atoms with Crippen LogP contribution >= 0.6 is 22.1 Å². The Morgan fingerprint density at radius 1 is 0.815 bits per heavy atom. The van der Waals surface area contributed by atoms with Crippen molar-refractivity contribution in [1.82, 2.24) is 0 Å². The van der Waals surface area contributed by atoms with Crippen LogP contribution in [0.25, 0.3) is 0 Å². The van der Waals surface area contributed by atoms with E-state index in [4.69, 9.17) is 28.0 Å². The average Bonchev–Trinajstić information content (AvgIpc) is 2.65. The van der Waals surface area contributed by atoms with Gasteiger partial charge in [0, 0.05) is 6.66 Å². The maximum atomic E-state index is 12.6. The van der Waals surface area contributed by atoms with E-state index in [0.29, 0.717) is 13.2 Å². The molecule has 0 atom stereocenters. The molecule has 0 saturated carbocycles. The molecule has 2 heterocycles. The molecule has 0 aromatic rings. The van der Waals surface area contributed by atoms with Crippen molar-refractivity contribution in [2.75, 3.05) is 69.9 Å². The molecular formula is C17H37O7P3+2. The molecule has 10 heteroatoms. The molecule has 2 rings (SSSR count). The van der Waals surface area contributed by atoms with E-state index in [-0.39, 0.29) is 12.6 Å². The van der Waals surface area contributed by atoms with E-state index in [1.54, 1.807) is 6.66 Å². The summed E-state index contributed by atoms with van der Waals surface area (Å²) in [4.78, 5) is 0. The predicted molar refractivity (Wildman–Crippen MR) is 113 cm³/mol. The van der Waals surface area contributed by atoms with Gasteiger partial charge in [-0.05, 0) is 27.7 Å². The van der Waals surface area contributed by atoms with Gasteiger partial charge in [0.25, 0.3) is 0 Å². The van der Waals surface area contributed by atoms with Crippen molar-refractivity contribution in [3.05, 3.63) is 0 Å². The standard InChI is InChI=1S/C17H37O7P3/c1-6-26(12-19-16(3)20-13-26)10-8-23-25(5,18)24-9-11-27(7-2)14-21-17(4)22-15-27/h16-17H,6-15H2,1-5H3/q+2. The second-order valence-corrected chi connectivity index (χ2v) is 18.1. The van der Waals surface area contributed by atoms with Gasteiger partial charge in [-0.2, -0.15) is 0 Å². The summed E-state index contributed by atoms with van der Waals surface area (Å²) in [5.74, 6) is 0. The zero-order valence-electron chi connectivity index (χ0n) is 17.4. The molecule has 0 aromatic carbocycles. The van der Waals surface area contributed by atoms with E-state index in [2.05, 4.69) is 13.8 Å². The summed E-state index contributed by atoms with van der Waals surface area (Å²) in [6, 6.07) is 0. The van der Waals surface area contributed by atoms with Crippen molar-refractivity contribution in [2.45, 2.75) is 40.3 Å². The molecule has 0 N–H and O–H groups in total. The van der Waals surface area contributed by atoms with Gasteiger partial charge >= 0.3 is 7.60 Å². The fourth-order valence-electron chi connectivity index (χ4n) is 3.00. The highest BCUT2D eigenvalue weighted by atomic mass is 31.2. The highest BCUT2D eigenvalue weighted by molar-refractivity contribution is 7.76. The Hall–Kier alpha value is 0.850. The molecule has 2 saturated heterocycles. The maximum absolute atomic E-state index is 12.6. The average molecular weight is 446 g/mol. The SMILES string of the molecule is CC[P+]1(CCOP(C)(=O)OCC[P+]2(CC)COC(C)OC2)COC(C)OC1. The number of rotatable bonds is 10. The van der Waals surface area contributed by atoms with Gasteiger partial charge in [0.15, 0.2) is 38.0 Å². The van der Waals surface area contributed by atoms with E-state index < -0.39 is 22.1 Å². The smallest absolute Gasteiger partial charge is 0.318 e. The molecule has 0 unspecified atom stereocenters. The third kappa shape index (κ3) is 7.55. The van der Waals surface area contributed by atoms with E-state index in [9.17, 15) is 4.57 Å². The van der Waals surface area contributed by atoms with Gasteiger partial charge in [0.1, 0.15) is 0 Å². The molecule has 0 aromatic heterocycles. The lowest BCUT2D eigenvalue weighted by Crippen LogP contribution is -2.29. The first-order valence-electron chi connectivity index (χ1n) is 9.77. The Balaban J connectivity index is 1.72. The molecule has 27 heavy (non-hydrogen) atoms. The van der Waals surface area contributed by atoms with Crippen LogP contribution in [0.5, 0.6) is 0 Å². The molecule has 0 aliphatic carbocycles. The molecule has 0 spiro atoms. The molecule has 0 bridgehead atoms. The Bertz CT molecular complexity index is 449. The van der Waals surface area contributed by atoms with Crippen LogP contribution in [0.15, 0.2) is 0 Å². The fourth-order valence-corrected chi connectivity index (χ4v) is 9.30. The van der Waals surface area contributed by atoms with Crippen molar-refractivity contribution in [1.29, 1.82) is 0 Å². The summed E-state index contributed by atoms with van der Waals surface area (Å²) in [6.07, 6.45) is 6.55. The van der Waals surface area contributed by atoms with Crippen molar-refractivity contribution in [3.8, 4) is 0 Å². The number of hydrogen-bond acceptors (Lipinski definition) is 7. The molecular weight excluding hydrogens is 409 g/mol. The van der Waals surface area contributed by atoms with Crippen LogP contribution < -0.4 is 0 Å². The minimum absolute atomic E-state index is 0.129. The third-order valence-electron chi connectivity index (χ3n) is 5.46. The lowest BCUT2D eigenvalue weighted by Gasteiger charge is -2.33. The first-order chi connectivity index (χ1) is 12.7. The maximum Gasteiger partial charge on any atom is 0.327 e. The molecule has 0 amide bonds. The number of hydrogen-bond donors (Lipinski definition) is 0. The van der Waals surface area contributed by atoms with Crippen LogP contribution in [0.1, 0.15) is 27.7 Å². The molecule has 7 nitrogen and oxygen atoms in total. The Kier molecular flexibility index (Phi) is 9.61. The zero-order valence-corrected chi connectivity index (χ0v) is 20.1. The molecule has 160 valence electrons. The van der Waals surface area contributed by atoms with Gasteiger partial charge in [-0.15, -0.1) is 0 Å². The van der Waals surface area contributed by atoms with E-state index in [1.807, 2.05) is 13.8 Å². The largest absolute Gasteiger partial charge is 0.327 e. The Labute approximate surface area is 165 Å². The highest BCUT2D eigenvalue weighted by Crippen LogP contribution is 2.62. The van der Waals surface area contributed by atoms with Gasteiger partial charge in [0.2, 0.25) is 0 Å². The Morgan fingerprint density at radius 3 is 1.44 bits per heavy atom. The first kappa shape index (κ1) is 24.1. The van der Waals surface area contributed by atoms with Crippen molar-refractivity contribution in [3.63, 3.8) is 0 Å². The van der Waals surface area contributed by atoms with E-state index in [1.165, 1.54) is 0 Å². The van der Waals surface area contributed by atoms with Gasteiger partial charge in [0.05, 0.1) is 52.4 Å². The monoisotopic (exact) mass is 446 g/mol. The van der Waals surface area contributed by atoms with E-state index >= 15 is 0 Å². The summed E-state index contributed by atoms with van der Waals surface area (Å²) in [6.45, 7) is 10.6. The van der Waals surface area contributed by atoms with Gasteiger partial charge in [-0.1, -0.05) is 0 Å². The van der Waals surface area contributed by atoms with Gasteiger partial charge in [-0.3, -0.25) is 4.57 Å². The summed E-state index contributed by atoms with van der Waals surface area (Å²) in [5, 5.41) is 0. The summed E-state index contributed by atoms with van der Waals surface area (Å²) in [5.41, 5.74) is 0. The lowest BCUT2D eigenvalue weighted by molar-refractivity contribution is -0.117. The van der Waals surface area contributed by atoms with E-state index in [0.717, 1.165) is 50.0 Å².